The van der Waals surface area contributed by atoms with E-state index in [4.69, 9.17) is 0 Å². The third-order valence-corrected chi connectivity index (χ3v) is 5.64. The highest BCUT2D eigenvalue weighted by atomic mass is 32.1. The normalized spacial score (nSPS) is 11.8. The van der Waals surface area contributed by atoms with Crippen molar-refractivity contribution in [1.29, 1.82) is 0 Å². The number of aryl methyl sites for hydroxylation is 2. The Bertz CT molecular complexity index is 955. The standard InChI is InChI=1S/C22H23N3O3S/c1-2-18-15-29-22(23-18)20(14-17-8-11-19(12-9-17)25(27)28)24-21(26)13-10-16-6-4-3-5-7-16/h3-9,11-12,15,20H,2,10,13-14H2,1H3,(H,24,26)/t20-/m0/s1. The van der Waals surface area contributed by atoms with Gasteiger partial charge in [-0.05, 0) is 30.4 Å². The lowest BCUT2D eigenvalue weighted by Gasteiger charge is -2.17. The van der Waals surface area contributed by atoms with Gasteiger partial charge in [0.2, 0.25) is 5.91 Å². The van der Waals surface area contributed by atoms with E-state index >= 15 is 0 Å². The molecule has 0 aliphatic heterocycles. The summed E-state index contributed by atoms with van der Waals surface area (Å²) in [6.45, 7) is 2.04. The van der Waals surface area contributed by atoms with Crippen molar-refractivity contribution in [1.82, 2.24) is 10.3 Å². The molecular formula is C22H23N3O3S. The van der Waals surface area contributed by atoms with Gasteiger partial charge in [0.15, 0.2) is 0 Å². The number of rotatable bonds is 9. The summed E-state index contributed by atoms with van der Waals surface area (Å²) in [5.74, 6) is -0.0333. The van der Waals surface area contributed by atoms with Crippen LogP contribution in [0.25, 0.3) is 0 Å². The topological polar surface area (TPSA) is 85.1 Å². The van der Waals surface area contributed by atoms with Crippen LogP contribution < -0.4 is 5.32 Å². The van der Waals surface area contributed by atoms with Gasteiger partial charge in [-0.15, -0.1) is 11.3 Å². The molecule has 0 spiro atoms. The Morgan fingerprint density at radius 2 is 1.86 bits per heavy atom. The molecule has 150 valence electrons. The fourth-order valence-electron chi connectivity index (χ4n) is 3.00. The Hall–Kier alpha value is -3.06. The summed E-state index contributed by atoms with van der Waals surface area (Å²) >= 11 is 1.53. The number of carbonyl (C=O) groups is 1. The maximum atomic E-state index is 12.6. The Labute approximate surface area is 173 Å². The number of amides is 1. The minimum Gasteiger partial charge on any atom is -0.347 e. The molecule has 0 fully saturated rings. The van der Waals surface area contributed by atoms with Gasteiger partial charge in [-0.3, -0.25) is 14.9 Å². The average molecular weight is 410 g/mol. The number of thiazole rings is 1. The Morgan fingerprint density at radius 3 is 2.48 bits per heavy atom. The molecule has 0 saturated heterocycles. The molecule has 1 atom stereocenters. The minimum absolute atomic E-state index is 0.0333. The van der Waals surface area contributed by atoms with Gasteiger partial charge >= 0.3 is 0 Å². The van der Waals surface area contributed by atoms with Crippen molar-refractivity contribution in [2.45, 2.75) is 38.6 Å². The number of aromatic nitrogens is 1. The number of hydrogen-bond donors (Lipinski definition) is 1. The largest absolute Gasteiger partial charge is 0.347 e. The van der Waals surface area contributed by atoms with Crippen LogP contribution in [0.2, 0.25) is 0 Å². The van der Waals surface area contributed by atoms with Crippen LogP contribution in [0, 0.1) is 10.1 Å². The third kappa shape index (κ3) is 5.96. The lowest BCUT2D eigenvalue weighted by molar-refractivity contribution is -0.384. The predicted molar refractivity (Wildman–Crippen MR) is 114 cm³/mol. The first kappa shape index (κ1) is 20.7. The molecule has 0 aliphatic rings. The molecule has 3 rings (SSSR count). The third-order valence-electron chi connectivity index (χ3n) is 4.64. The summed E-state index contributed by atoms with van der Waals surface area (Å²) in [5.41, 5.74) is 3.09. The predicted octanol–water partition coefficient (Wildman–Crippen LogP) is 4.65. The van der Waals surface area contributed by atoms with Gasteiger partial charge < -0.3 is 5.32 Å². The molecule has 0 unspecified atom stereocenters. The van der Waals surface area contributed by atoms with Crippen LogP contribution >= 0.6 is 11.3 Å². The molecule has 6 nitrogen and oxygen atoms in total. The van der Waals surface area contributed by atoms with E-state index in [1.54, 1.807) is 12.1 Å². The van der Waals surface area contributed by atoms with E-state index in [9.17, 15) is 14.9 Å². The first-order valence-electron chi connectivity index (χ1n) is 9.56. The number of nitrogens with zero attached hydrogens (tertiary/aromatic N) is 2. The molecule has 1 N–H and O–H groups in total. The molecule has 29 heavy (non-hydrogen) atoms. The van der Waals surface area contributed by atoms with Crippen molar-refractivity contribution in [3.8, 4) is 0 Å². The molecule has 0 bridgehead atoms. The fourth-order valence-corrected chi connectivity index (χ4v) is 3.96. The number of hydrogen-bond acceptors (Lipinski definition) is 5. The second-order valence-electron chi connectivity index (χ2n) is 6.76. The molecule has 2 aromatic carbocycles. The zero-order valence-corrected chi connectivity index (χ0v) is 17.0. The number of nitro benzene ring substituents is 1. The Kier molecular flexibility index (Phi) is 7.08. The lowest BCUT2D eigenvalue weighted by Crippen LogP contribution is -2.30. The molecular weight excluding hydrogens is 386 g/mol. The quantitative estimate of drug-likeness (QED) is 0.412. The second kappa shape index (κ2) is 9.93. The minimum atomic E-state index is -0.416. The molecule has 1 aromatic heterocycles. The first-order valence-corrected chi connectivity index (χ1v) is 10.4. The van der Waals surface area contributed by atoms with Crippen molar-refractivity contribution >= 4 is 22.9 Å². The van der Waals surface area contributed by atoms with Gasteiger partial charge in [-0.2, -0.15) is 0 Å². The SMILES string of the molecule is CCc1csc([C@H](Cc2ccc([N+](=O)[O-])cc2)NC(=O)CCc2ccccc2)n1. The number of carbonyl (C=O) groups excluding carboxylic acids is 1. The van der Waals surface area contributed by atoms with Crippen molar-refractivity contribution in [3.05, 3.63) is 91.9 Å². The maximum absolute atomic E-state index is 12.6. The Morgan fingerprint density at radius 1 is 1.14 bits per heavy atom. The number of benzene rings is 2. The molecule has 0 aliphatic carbocycles. The van der Waals surface area contributed by atoms with E-state index in [2.05, 4.69) is 10.3 Å². The van der Waals surface area contributed by atoms with Crippen molar-refractivity contribution in [2.24, 2.45) is 0 Å². The summed E-state index contributed by atoms with van der Waals surface area (Å²) in [5, 5.41) is 16.8. The van der Waals surface area contributed by atoms with Gasteiger partial charge in [-0.1, -0.05) is 49.4 Å². The molecule has 1 amide bonds. The lowest BCUT2D eigenvalue weighted by atomic mass is 10.0. The van der Waals surface area contributed by atoms with Crippen LogP contribution in [0.3, 0.4) is 0 Å². The summed E-state index contributed by atoms with van der Waals surface area (Å²) < 4.78 is 0. The summed E-state index contributed by atoms with van der Waals surface area (Å²) in [6, 6.07) is 16.1. The Balaban J connectivity index is 1.70. The highest BCUT2D eigenvalue weighted by molar-refractivity contribution is 7.09. The maximum Gasteiger partial charge on any atom is 0.269 e. The van der Waals surface area contributed by atoms with Gasteiger partial charge in [0.25, 0.3) is 5.69 Å². The molecule has 1 heterocycles. The zero-order valence-electron chi connectivity index (χ0n) is 16.2. The van der Waals surface area contributed by atoms with E-state index in [0.29, 0.717) is 19.3 Å². The van der Waals surface area contributed by atoms with Crippen LogP contribution in [0.5, 0.6) is 0 Å². The molecule has 0 saturated carbocycles. The number of non-ortho nitro benzene ring substituents is 1. The van der Waals surface area contributed by atoms with Crippen LogP contribution in [0.15, 0.2) is 60.0 Å². The summed E-state index contributed by atoms with van der Waals surface area (Å²) in [7, 11) is 0. The smallest absolute Gasteiger partial charge is 0.269 e. The van der Waals surface area contributed by atoms with Gasteiger partial charge in [0, 0.05) is 23.9 Å². The zero-order chi connectivity index (χ0) is 20.6. The van der Waals surface area contributed by atoms with E-state index in [1.807, 2.05) is 42.6 Å². The highest BCUT2D eigenvalue weighted by Gasteiger charge is 2.19. The van der Waals surface area contributed by atoms with E-state index in [1.165, 1.54) is 23.5 Å². The first-order chi connectivity index (χ1) is 14.0. The summed E-state index contributed by atoms with van der Waals surface area (Å²) in [6.07, 6.45) is 2.44. The molecule has 7 heteroatoms. The van der Waals surface area contributed by atoms with Gasteiger partial charge in [-0.25, -0.2) is 4.98 Å². The van der Waals surface area contributed by atoms with Crippen LogP contribution in [0.1, 0.15) is 41.2 Å². The van der Waals surface area contributed by atoms with Gasteiger partial charge in [0.05, 0.1) is 16.7 Å². The second-order valence-corrected chi connectivity index (χ2v) is 7.65. The molecule has 0 radical (unpaired) electrons. The van der Waals surface area contributed by atoms with Gasteiger partial charge in [0.1, 0.15) is 5.01 Å². The van der Waals surface area contributed by atoms with Crippen LogP contribution in [-0.4, -0.2) is 15.8 Å². The number of nitrogens with one attached hydrogen (secondary N) is 1. The van der Waals surface area contributed by atoms with Crippen LogP contribution in [-0.2, 0) is 24.1 Å². The van der Waals surface area contributed by atoms with Crippen molar-refractivity contribution < 1.29 is 9.72 Å². The van der Waals surface area contributed by atoms with Crippen molar-refractivity contribution in [2.75, 3.05) is 0 Å². The average Bonchev–Trinajstić information content (AvgIpc) is 3.22. The molecule has 3 aromatic rings. The highest BCUT2D eigenvalue weighted by Crippen LogP contribution is 2.24. The fraction of sp³-hybridized carbons (Fsp3) is 0.273. The van der Waals surface area contributed by atoms with E-state index < -0.39 is 4.92 Å². The monoisotopic (exact) mass is 409 g/mol. The van der Waals surface area contributed by atoms with Crippen LogP contribution in [0.4, 0.5) is 5.69 Å². The van der Waals surface area contributed by atoms with Crippen molar-refractivity contribution in [3.63, 3.8) is 0 Å². The number of nitro groups is 1. The summed E-state index contributed by atoms with van der Waals surface area (Å²) in [4.78, 5) is 27.7. The van der Waals surface area contributed by atoms with E-state index in [0.717, 1.165) is 28.2 Å². The van der Waals surface area contributed by atoms with E-state index in [-0.39, 0.29) is 17.6 Å².